The Morgan fingerprint density at radius 1 is 1.35 bits per heavy atom. The average molecular weight is 238 g/mol. The fourth-order valence-corrected chi connectivity index (χ4v) is 1.42. The van der Waals surface area contributed by atoms with Crippen molar-refractivity contribution in [1.82, 2.24) is 10.6 Å². The Morgan fingerprint density at radius 3 is 2.59 bits per heavy atom. The molecule has 94 valence electrons. The Hall–Kier alpha value is -1.42. The zero-order chi connectivity index (χ0) is 12.7. The van der Waals surface area contributed by atoms with E-state index in [0.717, 1.165) is 12.1 Å². The predicted octanol–water partition coefficient (Wildman–Crippen LogP) is 1.69. The van der Waals surface area contributed by atoms with Crippen molar-refractivity contribution in [3.05, 3.63) is 35.6 Å². The molecular formula is C13H19FN2O. The summed E-state index contributed by atoms with van der Waals surface area (Å²) in [4.78, 5) is 11.7. The Labute approximate surface area is 101 Å². The molecule has 3 nitrogen and oxygen atoms in total. The second kappa shape index (κ2) is 7.01. The van der Waals surface area contributed by atoms with Crippen molar-refractivity contribution in [1.29, 1.82) is 0 Å². The van der Waals surface area contributed by atoms with Crippen molar-refractivity contribution in [3.63, 3.8) is 0 Å². The molecule has 1 aromatic carbocycles. The number of hydrogen-bond donors (Lipinski definition) is 2. The summed E-state index contributed by atoms with van der Waals surface area (Å²) in [7, 11) is 0. The van der Waals surface area contributed by atoms with Gasteiger partial charge in [0.2, 0.25) is 5.91 Å². The highest BCUT2D eigenvalue weighted by atomic mass is 19.1. The van der Waals surface area contributed by atoms with Crippen LogP contribution in [-0.4, -0.2) is 19.0 Å². The Morgan fingerprint density at radius 2 is 2.00 bits per heavy atom. The standard InChI is InChI=1S/C13H19FN2O/c1-3-15-8-10(2)13(17)16-9-11-4-6-12(14)7-5-11/h4-7,10,15H,3,8-9H2,1-2H3,(H,16,17). The third-order valence-corrected chi connectivity index (χ3v) is 2.53. The molecule has 1 aromatic rings. The average Bonchev–Trinajstić information content (AvgIpc) is 2.34. The van der Waals surface area contributed by atoms with Crippen LogP contribution >= 0.6 is 0 Å². The quantitative estimate of drug-likeness (QED) is 0.792. The summed E-state index contributed by atoms with van der Waals surface area (Å²) in [5, 5.41) is 5.95. The number of carbonyl (C=O) groups is 1. The van der Waals surface area contributed by atoms with Crippen LogP contribution in [0.5, 0.6) is 0 Å². The molecule has 0 spiro atoms. The maximum absolute atomic E-state index is 12.7. The number of halogens is 1. The van der Waals surface area contributed by atoms with E-state index in [0.29, 0.717) is 13.1 Å². The highest BCUT2D eigenvalue weighted by molar-refractivity contribution is 5.78. The zero-order valence-corrected chi connectivity index (χ0v) is 10.3. The van der Waals surface area contributed by atoms with Crippen LogP contribution < -0.4 is 10.6 Å². The van der Waals surface area contributed by atoms with Crippen LogP contribution in [0.1, 0.15) is 19.4 Å². The van der Waals surface area contributed by atoms with Gasteiger partial charge in [-0.1, -0.05) is 26.0 Å². The number of amides is 1. The monoisotopic (exact) mass is 238 g/mol. The largest absolute Gasteiger partial charge is 0.352 e. The second-order valence-corrected chi connectivity index (χ2v) is 4.05. The lowest BCUT2D eigenvalue weighted by Crippen LogP contribution is -2.34. The first-order valence-corrected chi connectivity index (χ1v) is 5.86. The molecule has 0 aliphatic heterocycles. The minimum Gasteiger partial charge on any atom is -0.352 e. The highest BCUT2D eigenvalue weighted by Crippen LogP contribution is 2.02. The smallest absolute Gasteiger partial charge is 0.224 e. The molecule has 4 heteroatoms. The van der Waals surface area contributed by atoms with Crippen LogP contribution in [0, 0.1) is 11.7 Å². The third kappa shape index (κ3) is 4.95. The first-order chi connectivity index (χ1) is 8.13. The van der Waals surface area contributed by atoms with Gasteiger partial charge >= 0.3 is 0 Å². The van der Waals surface area contributed by atoms with E-state index in [1.165, 1.54) is 12.1 Å². The zero-order valence-electron chi connectivity index (χ0n) is 10.3. The van der Waals surface area contributed by atoms with Gasteiger partial charge in [-0.2, -0.15) is 0 Å². The predicted molar refractivity (Wildman–Crippen MR) is 66.0 cm³/mol. The molecule has 1 amide bonds. The lowest BCUT2D eigenvalue weighted by atomic mass is 10.1. The summed E-state index contributed by atoms with van der Waals surface area (Å²) >= 11 is 0. The van der Waals surface area contributed by atoms with Crippen LogP contribution in [0.4, 0.5) is 4.39 Å². The summed E-state index contributed by atoms with van der Waals surface area (Å²) in [6.45, 7) is 5.85. The van der Waals surface area contributed by atoms with Crippen molar-refractivity contribution >= 4 is 5.91 Å². The highest BCUT2D eigenvalue weighted by Gasteiger charge is 2.11. The van der Waals surface area contributed by atoms with E-state index in [-0.39, 0.29) is 17.6 Å². The minimum atomic E-state index is -0.263. The topological polar surface area (TPSA) is 41.1 Å². The third-order valence-electron chi connectivity index (χ3n) is 2.53. The summed E-state index contributed by atoms with van der Waals surface area (Å²) in [6, 6.07) is 6.13. The van der Waals surface area contributed by atoms with Crippen LogP contribution in [0.2, 0.25) is 0 Å². The summed E-state index contributed by atoms with van der Waals surface area (Å²) in [5.41, 5.74) is 0.899. The van der Waals surface area contributed by atoms with Crippen molar-refractivity contribution < 1.29 is 9.18 Å². The van der Waals surface area contributed by atoms with Gasteiger partial charge in [-0.05, 0) is 24.2 Å². The SMILES string of the molecule is CCNCC(C)C(=O)NCc1ccc(F)cc1. The van der Waals surface area contributed by atoms with E-state index in [1.807, 2.05) is 13.8 Å². The van der Waals surface area contributed by atoms with Crippen LogP contribution in [0.25, 0.3) is 0 Å². The molecule has 2 N–H and O–H groups in total. The van der Waals surface area contributed by atoms with Gasteiger partial charge in [-0.3, -0.25) is 4.79 Å². The van der Waals surface area contributed by atoms with E-state index in [9.17, 15) is 9.18 Å². The van der Waals surface area contributed by atoms with Crippen molar-refractivity contribution in [2.45, 2.75) is 20.4 Å². The Bertz CT molecular complexity index is 351. The van der Waals surface area contributed by atoms with Gasteiger partial charge in [0.15, 0.2) is 0 Å². The molecule has 0 bridgehead atoms. The number of hydrogen-bond acceptors (Lipinski definition) is 2. The lowest BCUT2D eigenvalue weighted by molar-refractivity contribution is -0.124. The van der Waals surface area contributed by atoms with Gasteiger partial charge in [-0.25, -0.2) is 4.39 Å². The first kappa shape index (κ1) is 13.6. The van der Waals surface area contributed by atoms with Crippen molar-refractivity contribution in [2.24, 2.45) is 5.92 Å². The Balaban J connectivity index is 2.34. The minimum absolute atomic E-state index is 0.00951. The molecule has 1 unspecified atom stereocenters. The van der Waals surface area contributed by atoms with Gasteiger partial charge in [0.1, 0.15) is 5.82 Å². The number of rotatable bonds is 6. The molecule has 0 aliphatic carbocycles. The summed E-state index contributed by atoms with van der Waals surface area (Å²) < 4.78 is 12.7. The van der Waals surface area contributed by atoms with Crippen LogP contribution in [0.15, 0.2) is 24.3 Å². The van der Waals surface area contributed by atoms with Crippen molar-refractivity contribution in [3.8, 4) is 0 Å². The van der Waals surface area contributed by atoms with E-state index in [1.54, 1.807) is 12.1 Å². The van der Waals surface area contributed by atoms with Crippen LogP contribution in [-0.2, 0) is 11.3 Å². The Kier molecular flexibility index (Phi) is 5.63. The van der Waals surface area contributed by atoms with E-state index < -0.39 is 0 Å². The number of benzene rings is 1. The van der Waals surface area contributed by atoms with Gasteiger partial charge in [-0.15, -0.1) is 0 Å². The fourth-order valence-electron chi connectivity index (χ4n) is 1.42. The van der Waals surface area contributed by atoms with E-state index in [2.05, 4.69) is 10.6 Å². The van der Waals surface area contributed by atoms with E-state index >= 15 is 0 Å². The van der Waals surface area contributed by atoms with Gasteiger partial charge < -0.3 is 10.6 Å². The second-order valence-electron chi connectivity index (χ2n) is 4.05. The molecule has 0 fully saturated rings. The van der Waals surface area contributed by atoms with Gasteiger partial charge in [0.05, 0.1) is 0 Å². The molecule has 0 saturated carbocycles. The molecular weight excluding hydrogens is 219 g/mol. The van der Waals surface area contributed by atoms with E-state index in [4.69, 9.17) is 0 Å². The molecule has 17 heavy (non-hydrogen) atoms. The number of carbonyl (C=O) groups excluding carboxylic acids is 1. The normalized spacial score (nSPS) is 12.2. The van der Waals surface area contributed by atoms with Gasteiger partial charge in [0, 0.05) is 19.0 Å². The maximum atomic E-state index is 12.7. The fraction of sp³-hybridized carbons (Fsp3) is 0.462. The summed E-state index contributed by atoms with van der Waals surface area (Å²) in [5.74, 6) is -0.314. The van der Waals surface area contributed by atoms with Crippen molar-refractivity contribution in [2.75, 3.05) is 13.1 Å². The van der Waals surface area contributed by atoms with Gasteiger partial charge in [0.25, 0.3) is 0 Å². The molecule has 0 heterocycles. The molecule has 0 radical (unpaired) electrons. The number of nitrogens with one attached hydrogen (secondary N) is 2. The molecule has 0 saturated heterocycles. The maximum Gasteiger partial charge on any atom is 0.224 e. The van der Waals surface area contributed by atoms with Crippen LogP contribution in [0.3, 0.4) is 0 Å². The summed E-state index contributed by atoms with van der Waals surface area (Å²) in [6.07, 6.45) is 0. The first-order valence-electron chi connectivity index (χ1n) is 5.86. The molecule has 1 atom stereocenters. The molecule has 1 rings (SSSR count). The molecule has 0 aliphatic rings. The molecule has 0 aromatic heterocycles. The lowest BCUT2D eigenvalue weighted by Gasteiger charge is -2.12.